The van der Waals surface area contributed by atoms with Crippen molar-refractivity contribution in [3.05, 3.63) is 58.5 Å². The average molecular weight is 349 g/mol. The second-order valence-electron chi connectivity index (χ2n) is 4.62. The molecule has 2 N–H and O–H groups in total. The number of hydrogen-bond donors (Lipinski definition) is 2. The number of hydrogen-bond acceptors (Lipinski definition) is 6. The first kappa shape index (κ1) is 17.5. The highest BCUT2D eigenvalue weighted by atomic mass is 32.2. The largest absolute Gasteiger partial charge is 0.459 e. The van der Waals surface area contributed by atoms with Crippen molar-refractivity contribution in [1.29, 1.82) is 0 Å². The molecule has 2 amide bonds. The number of carbonyl (C=O) groups is 2. The van der Waals surface area contributed by atoms with Crippen LogP contribution in [0.5, 0.6) is 0 Å². The van der Waals surface area contributed by atoms with Gasteiger partial charge in [0, 0.05) is 30.1 Å². The molecule has 2 rings (SSSR count). The Morgan fingerprint density at radius 2 is 1.83 bits per heavy atom. The summed E-state index contributed by atoms with van der Waals surface area (Å²) < 4.78 is 4.94. The zero-order valence-corrected chi connectivity index (χ0v) is 13.4. The van der Waals surface area contributed by atoms with E-state index >= 15 is 0 Å². The third-order valence-corrected chi connectivity index (χ3v) is 3.91. The van der Waals surface area contributed by atoms with E-state index in [0.717, 1.165) is 4.90 Å². The molecule has 0 spiro atoms. The van der Waals surface area contributed by atoms with Crippen molar-refractivity contribution in [2.45, 2.75) is 4.90 Å². The highest BCUT2D eigenvalue weighted by Gasteiger charge is 2.08. The molecule has 8 nitrogen and oxygen atoms in total. The van der Waals surface area contributed by atoms with Gasteiger partial charge in [-0.3, -0.25) is 19.7 Å². The van der Waals surface area contributed by atoms with Gasteiger partial charge in [0.25, 0.3) is 11.6 Å². The molecule has 1 aromatic carbocycles. The molecular weight excluding hydrogens is 334 g/mol. The molecular formula is C15H15N3O5S. The molecule has 0 aliphatic heterocycles. The first-order valence-electron chi connectivity index (χ1n) is 7.02. The lowest BCUT2D eigenvalue weighted by Crippen LogP contribution is -2.35. The Bertz CT molecular complexity index is 700. The number of nitrogens with zero attached hydrogens (tertiary/aromatic N) is 1. The summed E-state index contributed by atoms with van der Waals surface area (Å²) in [6, 6.07) is 9.15. The molecule has 0 atom stereocenters. The second kappa shape index (κ2) is 8.73. The lowest BCUT2D eigenvalue weighted by molar-refractivity contribution is -0.384. The smallest absolute Gasteiger partial charge is 0.287 e. The minimum atomic E-state index is -0.474. The van der Waals surface area contributed by atoms with Crippen LogP contribution in [-0.2, 0) is 4.79 Å². The van der Waals surface area contributed by atoms with Gasteiger partial charge >= 0.3 is 0 Å². The predicted molar refractivity (Wildman–Crippen MR) is 87.9 cm³/mol. The number of thioether (sulfide) groups is 1. The van der Waals surface area contributed by atoms with E-state index in [2.05, 4.69) is 10.6 Å². The summed E-state index contributed by atoms with van der Waals surface area (Å²) in [5, 5.41) is 15.8. The fraction of sp³-hybridized carbons (Fsp3) is 0.200. The number of nitro benzene ring substituents is 1. The number of non-ortho nitro benzene ring substituents is 1. The molecule has 0 radical (unpaired) electrons. The molecule has 0 saturated heterocycles. The van der Waals surface area contributed by atoms with Gasteiger partial charge in [0.2, 0.25) is 5.91 Å². The fourth-order valence-electron chi connectivity index (χ4n) is 1.74. The molecule has 0 fully saturated rings. The third kappa shape index (κ3) is 5.43. The summed E-state index contributed by atoms with van der Waals surface area (Å²) in [6.07, 6.45) is 1.41. The first-order valence-corrected chi connectivity index (χ1v) is 8.00. The molecule has 126 valence electrons. The van der Waals surface area contributed by atoms with Gasteiger partial charge in [0.1, 0.15) is 0 Å². The van der Waals surface area contributed by atoms with Gasteiger partial charge in [0.15, 0.2) is 5.76 Å². The van der Waals surface area contributed by atoms with Crippen molar-refractivity contribution in [1.82, 2.24) is 10.6 Å². The van der Waals surface area contributed by atoms with Crippen LogP contribution in [0.25, 0.3) is 0 Å². The minimum Gasteiger partial charge on any atom is -0.459 e. The van der Waals surface area contributed by atoms with E-state index in [-0.39, 0.29) is 35.6 Å². The summed E-state index contributed by atoms with van der Waals surface area (Å²) in [7, 11) is 0. The first-order chi connectivity index (χ1) is 11.6. The van der Waals surface area contributed by atoms with Crippen LogP contribution >= 0.6 is 11.8 Å². The van der Waals surface area contributed by atoms with E-state index in [1.807, 2.05) is 0 Å². The monoisotopic (exact) mass is 349 g/mol. The molecule has 0 aliphatic carbocycles. The lowest BCUT2D eigenvalue weighted by atomic mass is 10.3. The van der Waals surface area contributed by atoms with Crippen molar-refractivity contribution in [3.63, 3.8) is 0 Å². The number of nitrogens with one attached hydrogen (secondary N) is 2. The van der Waals surface area contributed by atoms with E-state index < -0.39 is 4.92 Å². The van der Waals surface area contributed by atoms with Gasteiger partial charge in [-0.05, 0) is 24.3 Å². The van der Waals surface area contributed by atoms with E-state index in [1.54, 1.807) is 24.3 Å². The topological polar surface area (TPSA) is 114 Å². The van der Waals surface area contributed by atoms with Crippen molar-refractivity contribution in [3.8, 4) is 0 Å². The predicted octanol–water partition coefficient (Wildman–Crippen LogP) is 1.83. The fourth-order valence-corrected chi connectivity index (χ4v) is 2.47. The Labute approximate surface area is 141 Å². The van der Waals surface area contributed by atoms with Crippen molar-refractivity contribution < 1.29 is 18.9 Å². The number of nitro groups is 1. The molecule has 1 heterocycles. The normalized spacial score (nSPS) is 10.2. The molecule has 0 saturated carbocycles. The van der Waals surface area contributed by atoms with Crippen molar-refractivity contribution in [2.24, 2.45) is 0 Å². The molecule has 24 heavy (non-hydrogen) atoms. The molecule has 2 aromatic rings. The Morgan fingerprint density at radius 1 is 1.12 bits per heavy atom. The highest BCUT2D eigenvalue weighted by Crippen LogP contribution is 2.20. The maximum atomic E-state index is 11.7. The summed E-state index contributed by atoms with van der Waals surface area (Å²) >= 11 is 1.27. The van der Waals surface area contributed by atoms with Gasteiger partial charge in [-0.25, -0.2) is 0 Å². The van der Waals surface area contributed by atoms with E-state index in [4.69, 9.17) is 4.42 Å². The van der Waals surface area contributed by atoms with Crippen LogP contribution in [0, 0.1) is 10.1 Å². The molecule has 9 heteroatoms. The minimum absolute atomic E-state index is 0.0103. The summed E-state index contributed by atoms with van der Waals surface area (Å²) in [6.45, 7) is 0.583. The van der Waals surface area contributed by atoms with E-state index in [9.17, 15) is 19.7 Å². The molecule has 1 aromatic heterocycles. The highest BCUT2D eigenvalue weighted by molar-refractivity contribution is 8.00. The number of amides is 2. The Balaban J connectivity index is 1.63. The van der Waals surface area contributed by atoms with Crippen LogP contribution in [-0.4, -0.2) is 35.6 Å². The number of carbonyl (C=O) groups excluding carboxylic acids is 2. The van der Waals surface area contributed by atoms with Gasteiger partial charge in [-0.1, -0.05) is 0 Å². The average Bonchev–Trinajstić information content (AvgIpc) is 3.11. The van der Waals surface area contributed by atoms with E-state index in [1.165, 1.54) is 30.2 Å². The van der Waals surface area contributed by atoms with Crippen LogP contribution in [0.3, 0.4) is 0 Å². The summed E-state index contributed by atoms with van der Waals surface area (Å²) in [5.74, 6) is -0.126. The van der Waals surface area contributed by atoms with Crippen LogP contribution in [0.4, 0.5) is 5.69 Å². The van der Waals surface area contributed by atoms with Gasteiger partial charge in [-0.15, -0.1) is 11.8 Å². The van der Waals surface area contributed by atoms with Gasteiger partial charge in [-0.2, -0.15) is 0 Å². The van der Waals surface area contributed by atoms with Crippen LogP contribution < -0.4 is 10.6 Å². The molecule has 0 aliphatic rings. The zero-order chi connectivity index (χ0) is 17.4. The maximum Gasteiger partial charge on any atom is 0.287 e. The summed E-state index contributed by atoms with van der Waals surface area (Å²) in [5.41, 5.74) is 0.0103. The Kier molecular flexibility index (Phi) is 6.38. The lowest BCUT2D eigenvalue weighted by Gasteiger charge is -2.06. The summed E-state index contributed by atoms with van der Waals surface area (Å²) in [4.78, 5) is 34.1. The van der Waals surface area contributed by atoms with Crippen molar-refractivity contribution >= 4 is 29.3 Å². The standard InChI is InChI=1S/C15H15N3O5S/c19-14(10-24-12-5-3-11(4-6-12)18(21)22)16-7-8-17-15(20)13-2-1-9-23-13/h1-6,9H,7-8,10H2,(H,16,19)(H,17,20). The SMILES string of the molecule is O=C(CSc1ccc([N+](=O)[O-])cc1)NCCNC(=O)c1ccco1. The quantitative estimate of drug-likeness (QED) is 0.325. The Hall–Kier alpha value is -2.81. The third-order valence-electron chi connectivity index (χ3n) is 2.90. The van der Waals surface area contributed by atoms with E-state index in [0.29, 0.717) is 6.54 Å². The zero-order valence-electron chi connectivity index (χ0n) is 12.6. The van der Waals surface area contributed by atoms with Crippen LogP contribution in [0.1, 0.15) is 10.6 Å². The molecule has 0 bridgehead atoms. The molecule has 0 unspecified atom stereocenters. The number of furan rings is 1. The number of rotatable bonds is 8. The van der Waals surface area contributed by atoms with Crippen LogP contribution in [0.15, 0.2) is 52.0 Å². The van der Waals surface area contributed by atoms with Gasteiger partial charge < -0.3 is 15.1 Å². The van der Waals surface area contributed by atoms with Crippen LogP contribution in [0.2, 0.25) is 0 Å². The second-order valence-corrected chi connectivity index (χ2v) is 5.67. The van der Waals surface area contributed by atoms with Crippen molar-refractivity contribution in [2.75, 3.05) is 18.8 Å². The maximum absolute atomic E-state index is 11.7. The number of benzene rings is 1. The van der Waals surface area contributed by atoms with Gasteiger partial charge in [0.05, 0.1) is 16.9 Å². The Morgan fingerprint density at radius 3 is 2.46 bits per heavy atom.